The highest BCUT2D eigenvalue weighted by Gasteiger charge is 2.34. The van der Waals surface area contributed by atoms with Gasteiger partial charge >= 0.3 is 6.03 Å². The van der Waals surface area contributed by atoms with Crippen molar-refractivity contribution in [2.24, 2.45) is 0 Å². The Kier molecular flexibility index (Phi) is 5.25. The minimum Gasteiger partial charge on any atom is -0.493 e. The Morgan fingerprint density at radius 2 is 1.69 bits per heavy atom. The zero-order chi connectivity index (χ0) is 22.1. The summed E-state index contributed by atoms with van der Waals surface area (Å²) in [5.41, 5.74) is 4.22. The zero-order valence-electron chi connectivity index (χ0n) is 17.6. The number of para-hydroxylation sites is 2. The first-order valence-corrected chi connectivity index (χ1v) is 10.9. The van der Waals surface area contributed by atoms with Gasteiger partial charge in [-0.3, -0.25) is 0 Å². The molecule has 0 radical (unpaired) electrons. The molecule has 1 aliphatic rings. The van der Waals surface area contributed by atoms with Gasteiger partial charge in [0.05, 0.1) is 36.2 Å². The van der Waals surface area contributed by atoms with Crippen molar-refractivity contribution in [1.82, 2.24) is 15.6 Å². The number of aromatic nitrogens is 1. The van der Waals surface area contributed by atoms with Crippen LogP contribution in [0.2, 0.25) is 0 Å². The molecule has 5 rings (SSSR count). The van der Waals surface area contributed by atoms with Crippen molar-refractivity contribution < 1.29 is 14.3 Å². The van der Waals surface area contributed by atoms with Gasteiger partial charge in [0.2, 0.25) is 0 Å². The predicted octanol–water partition coefficient (Wildman–Crippen LogP) is 5.24. The van der Waals surface area contributed by atoms with Crippen molar-refractivity contribution in [1.29, 1.82) is 0 Å². The minimum absolute atomic E-state index is 0.288. The number of urea groups is 1. The second-order valence-corrected chi connectivity index (χ2v) is 8.29. The molecule has 32 heavy (non-hydrogen) atoms. The van der Waals surface area contributed by atoms with E-state index in [1.807, 2.05) is 66.7 Å². The fourth-order valence-electron chi connectivity index (χ4n) is 3.99. The highest BCUT2D eigenvalue weighted by atomic mass is 32.1. The molecule has 0 saturated carbocycles. The van der Waals surface area contributed by atoms with Crippen LogP contribution in [0.1, 0.15) is 22.2 Å². The number of thiazole rings is 1. The molecule has 0 unspecified atom stereocenters. The first kappa shape index (κ1) is 20.1. The molecule has 1 aromatic heterocycles. The van der Waals surface area contributed by atoms with Crippen LogP contribution in [0.25, 0.3) is 21.5 Å². The number of fused-ring (bicyclic) bond motifs is 1. The number of ether oxygens (including phenoxy) is 2. The van der Waals surface area contributed by atoms with E-state index in [1.165, 1.54) is 0 Å². The molecule has 4 aromatic rings. The summed E-state index contributed by atoms with van der Waals surface area (Å²) in [6.07, 6.45) is 0. The number of carbonyl (C=O) groups excluding carboxylic acids is 1. The van der Waals surface area contributed by atoms with Gasteiger partial charge in [0.1, 0.15) is 5.01 Å². The fourth-order valence-corrected chi connectivity index (χ4v) is 5.03. The van der Waals surface area contributed by atoms with Crippen LogP contribution >= 0.6 is 11.3 Å². The highest BCUT2D eigenvalue weighted by Crippen LogP contribution is 2.45. The summed E-state index contributed by atoms with van der Waals surface area (Å²) < 4.78 is 12.3. The van der Waals surface area contributed by atoms with Gasteiger partial charge in [-0.15, -0.1) is 11.3 Å². The minimum atomic E-state index is -0.482. The molecule has 0 spiro atoms. The summed E-state index contributed by atoms with van der Waals surface area (Å²) in [5.74, 6) is 1.18. The number of amides is 2. The van der Waals surface area contributed by atoms with Crippen molar-refractivity contribution in [3.8, 4) is 11.5 Å². The van der Waals surface area contributed by atoms with Crippen LogP contribution in [0.5, 0.6) is 11.5 Å². The number of benzene rings is 3. The molecular weight excluding hydrogens is 422 g/mol. The van der Waals surface area contributed by atoms with Gasteiger partial charge in [-0.05, 0) is 23.8 Å². The summed E-state index contributed by atoms with van der Waals surface area (Å²) in [4.78, 5) is 17.7. The maximum absolute atomic E-state index is 12.8. The van der Waals surface area contributed by atoms with Gasteiger partial charge in [0.15, 0.2) is 11.5 Å². The molecule has 6 nitrogen and oxygen atoms in total. The summed E-state index contributed by atoms with van der Waals surface area (Å²) in [6, 6.07) is 22.7. The smallest absolute Gasteiger partial charge is 0.320 e. The molecule has 0 fully saturated rings. The van der Waals surface area contributed by atoms with Crippen LogP contribution in [0.4, 0.5) is 4.79 Å². The predicted molar refractivity (Wildman–Crippen MR) is 127 cm³/mol. The maximum Gasteiger partial charge on any atom is 0.320 e. The number of methoxy groups -OCH3 is 2. The van der Waals surface area contributed by atoms with E-state index >= 15 is 0 Å². The fraction of sp³-hybridized carbons (Fsp3) is 0.120. The Morgan fingerprint density at radius 1 is 0.906 bits per heavy atom. The van der Waals surface area contributed by atoms with Crippen molar-refractivity contribution in [2.45, 2.75) is 6.04 Å². The van der Waals surface area contributed by atoms with Crippen LogP contribution in [-0.4, -0.2) is 25.2 Å². The Labute approximate surface area is 189 Å². The third-order valence-electron chi connectivity index (χ3n) is 5.40. The van der Waals surface area contributed by atoms with E-state index < -0.39 is 6.04 Å². The largest absolute Gasteiger partial charge is 0.493 e. The monoisotopic (exact) mass is 443 g/mol. The van der Waals surface area contributed by atoms with Gasteiger partial charge < -0.3 is 20.1 Å². The summed E-state index contributed by atoms with van der Waals surface area (Å²) >= 11 is 1.59. The van der Waals surface area contributed by atoms with E-state index in [-0.39, 0.29) is 6.03 Å². The Balaban J connectivity index is 1.80. The third-order valence-corrected chi connectivity index (χ3v) is 6.47. The first-order valence-electron chi connectivity index (χ1n) is 10.1. The van der Waals surface area contributed by atoms with E-state index in [0.717, 1.165) is 37.6 Å². The van der Waals surface area contributed by atoms with Crippen molar-refractivity contribution in [2.75, 3.05) is 14.2 Å². The van der Waals surface area contributed by atoms with Crippen LogP contribution in [0, 0.1) is 0 Å². The van der Waals surface area contributed by atoms with E-state index in [4.69, 9.17) is 14.5 Å². The molecule has 7 heteroatoms. The van der Waals surface area contributed by atoms with Crippen molar-refractivity contribution >= 4 is 38.9 Å². The Bertz CT molecular complexity index is 1300. The molecule has 2 heterocycles. The number of nitrogens with one attached hydrogen (secondary N) is 2. The number of rotatable bonds is 5. The molecule has 0 bridgehead atoms. The number of hydrogen-bond acceptors (Lipinski definition) is 5. The van der Waals surface area contributed by atoms with Crippen molar-refractivity contribution in [3.05, 3.63) is 88.9 Å². The second kappa shape index (κ2) is 8.36. The van der Waals surface area contributed by atoms with Gasteiger partial charge in [0, 0.05) is 11.1 Å². The molecule has 2 N–H and O–H groups in total. The SMILES string of the molecule is COc1cccc([C@H]2NC(=O)NC(c3ccccc3)=C2c2nc3ccccc3s2)c1OC. The van der Waals surface area contributed by atoms with E-state index in [0.29, 0.717) is 11.5 Å². The van der Waals surface area contributed by atoms with Gasteiger partial charge in [-0.1, -0.05) is 54.6 Å². The number of nitrogens with zero attached hydrogens (tertiary/aromatic N) is 1. The summed E-state index contributed by atoms with van der Waals surface area (Å²) in [6.45, 7) is 0. The second-order valence-electron chi connectivity index (χ2n) is 7.26. The molecule has 1 atom stereocenters. The average Bonchev–Trinajstić information content (AvgIpc) is 3.27. The van der Waals surface area contributed by atoms with Crippen LogP contribution in [0.15, 0.2) is 72.8 Å². The quantitative estimate of drug-likeness (QED) is 0.443. The normalized spacial score (nSPS) is 15.9. The lowest BCUT2D eigenvalue weighted by Gasteiger charge is -2.31. The van der Waals surface area contributed by atoms with Crippen LogP contribution in [-0.2, 0) is 0 Å². The topological polar surface area (TPSA) is 72.5 Å². The van der Waals surface area contributed by atoms with E-state index in [9.17, 15) is 4.79 Å². The van der Waals surface area contributed by atoms with E-state index in [2.05, 4.69) is 16.7 Å². The molecular formula is C25H21N3O3S. The third kappa shape index (κ3) is 3.46. The zero-order valence-corrected chi connectivity index (χ0v) is 18.4. The summed E-state index contributed by atoms with van der Waals surface area (Å²) in [5, 5.41) is 6.92. The van der Waals surface area contributed by atoms with Gasteiger partial charge in [-0.25, -0.2) is 9.78 Å². The van der Waals surface area contributed by atoms with Gasteiger partial charge in [0.25, 0.3) is 0 Å². The standard InChI is InChI=1S/C25H21N3O3S/c1-30-18-13-8-11-16(23(18)31-2)22-20(24-26-17-12-6-7-14-19(17)32-24)21(27-25(29)28-22)15-9-4-3-5-10-15/h3-14,22H,1-2H3,(H2,27,28,29)/t22-/m1/s1. The van der Waals surface area contributed by atoms with Crippen molar-refractivity contribution in [3.63, 3.8) is 0 Å². The number of hydrogen-bond donors (Lipinski definition) is 2. The van der Waals surface area contributed by atoms with E-state index in [1.54, 1.807) is 25.6 Å². The number of carbonyl (C=O) groups is 1. The molecule has 160 valence electrons. The molecule has 3 aromatic carbocycles. The van der Waals surface area contributed by atoms with Crippen LogP contribution in [0.3, 0.4) is 0 Å². The van der Waals surface area contributed by atoms with Crippen LogP contribution < -0.4 is 20.1 Å². The lowest BCUT2D eigenvalue weighted by atomic mass is 9.92. The van der Waals surface area contributed by atoms with Gasteiger partial charge in [-0.2, -0.15) is 0 Å². The molecule has 0 saturated heterocycles. The molecule has 2 amide bonds. The Hall–Kier alpha value is -3.84. The maximum atomic E-state index is 12.8. The molecule has 0 aliphatic carbocycles. The highest BCUT2D eigenvalue weighted by molar-refractivity contribution is 7.19. The average molecular weight is 444 g/mol. The lowest BCUT2D eigenvalue weighted by molar-refractivity contribution is 0.241. The Morgan fingerprint density at radius 3 is 2.44 bits per heavy atom. The lowest BCUT2D eigenvalue weighted by Crippen LogP contribution is -2.43. The first-order chi connectivity index (χ1) is 15.7. The summed E-state index contributed by atoms with van der Waals surface area (Å²) in [7, 11) is 3.20. The molecule has 1 aliphatic heterocycles.